The molecule has 2 aromatic heterocycles. The minimum atomic E-state index is -0.0160. The van der Waals surface area contributed by atoms with E-state index in [1.54, 1.807) is 0 Å². The summed E-state index contributed by atoms with van der Waals surface area (Å²) in [5.41, 5.74) is 6.17. The topological polar surface area (TPSA) is 82.7 Å². The second-order valence-corrected chi connectivity index (χ2v) is 7.35. The highest BCUT2D eigenvalue weighted by Gasteiger charge is 2.28. The average Bonchev–Trinajstić information content (AvgIpc) is 3.09. The Kier molecular flexibility index (Phi) is 3.53. The molecule has 0 unspecified atom stereocenters. The molecule has 2 aliphatic heterocycles. The van der Waals surface area contributed by atoms with Crippen molar-refractivity contribution in [2.24, 2.45) is 0 Å². The lowest BCUT2D eigenvalue weighted by atomic mass is 9.94. The van der Waals surface area contributed by atoms with E-state index >= 15 is 0 Å². The van der Waals surface area contributed by atoms with Gasteiger partial charge < -0.3 is 15.6 Å². The number of aryl methyl sites for hydroxylation is 1. The largest absolute Gasteiger partial charge is 0.363 e. The van der Waals surface area contributed by atoms with E-state index in [4.69, 9.17) is 9.97 Å². The van der Waals surface area contributed by atoms with Crippen molar-refractivity contribution in [3.63, 3.8) is 0 Å². The Balaban J connectivity index is 1.80. The Hall–Kier alpha value is -3.15. The van der Waals surface area contributed by atoms with E-state index in [1.807, 2.05) is 31.2 Å². The molecule has 3 N–H and O–H groups in total. The third kappa shape index (κ3) is 2.60. The number of allylic oxidation sites excluding steroid dienone is 1. The number of carbonyl (C=O) groups is 1. The number of rotatable bonds is 0. The van der Waals surface area contributed by atoms with Crippen LogP contribution < -0.4 is 10.6 Å². The summed E-state index contributed by atoms with van der Waals surface area (Å²) in [7, 11) is 0. The Morgan fingerprint density at radius 2 is 2.07 bits per heavy atom. The number of amides is 1. The van der Waals surface area contributed by atoms with Gasteiger partial charge in [0.05, 0.1) is 16.8 Å². The highest BCUT2D eigenvalue weighted by molar-refractivity contribution is 6.00. The van der Waals surface area contributed by atoms with E-state index in [0.29, 0.717) is 6.54 Å². The molecule has 5 rings (SSSR count). The number of hydrogen-bond donors (Lipinski definition) is 3. The molecule has 0 fully saturated rings. The maximum Gasteiger partial charge on any atom is 0.253 e. The third-order valence-electron chi connectivity index (χ3n) is 5.38. The molecule has 2 atom stereocenters. The SMILES string of the molecule is Cc1nc2cccc3c2nc1N[C@@H](C)/C=C/C[C@@H]1CNC(=O)c2cc-3[nH]c21. The molecule has 1 amide bonds. The van der Waals surface area contributed by atoms with Gasteiger partial charge in [0.25, 0.3) is 5.91 Å². The minimum Gasteiger partial charge on any atom is -0.363 e. The number of hydrogen-bond acceptors (Lipinski definition) is 4. The molecular formula is C21H21N5O. The van der Waals surface area contributed by atoms with Crippen LogP contribution in [0.4, 0.5) is 5.82 Å². The second-order valence-electron chi connectivity index (χ2n) is 7.35. The van der Waals surface area contributed by atoms with E-state index in [-0.39, 0.29) is 17.9 Å². The molecule has 0 aliphatic carbocycles. The number of fused-ring (bicyclic) bond motifs is 3. The van der Waals surface area contributed by atoms with Gasteiger partial charge in [-0.3, -0.25) is 4.79 Å². The standard InChI is InChI=1S/C21H21N5O/c1-11-5-3-6-13-10-22-21(27)15-9-17(25-18(13)15)14-7-4-8-16-19(14)26-20(23-11)12(2)24-16/h3-5,7-9,11,13,25H,6,10H2,1-2H3,(H,22,27)(H,23,26)/b5-3+/t11-,13+/m0/s1. The van der Waals surface area contributed by atoms with Gasteiger partial charge in [0.2, 0.25) is 0 Å². The molecule has 6 heteroatoms. The van der Waals surface area contributed by atoms with E-state index in [1.165, 1.54) is 0 Å². The highest BCUT2D eigenvalue weighted by Crippen LogP contribution is 2.34. The van der Waals surface area contributed by atoms with Crippen LogP contribution in [0.25, 0.3) is 22.3 Å². The molecular weight excluding hydrogens is 338 g/mol. The zero-order valence-electron chi connectivity index (χ0n) is 15.3. The van der Waals surface area contributed by atoms with Crippen molar-refractivity contribution in [3.8, 4) is 11.3 Å². The van der Waals surface area contributed by atoms with Gasteiger partial charge >= 0.3 is 0 Å². The van der Waals surface area contributed by atoms with Crippen molar-refractivity contribution in [2.45, 2.75) is 32.2 Å². The number of H-pyrrole nitrogens is 1. The third-order valence-corrected chi connectivity index (χ3v) is 5.38. The van der Waals surface area contributed by atoms with Gasteiger partial charge in [0.1, 0.15) is 11.3 Å². The van der Waals surface area contributed by atoms with Crippen LogP contribution >= 0.6 is 0 Å². The minimum absolute atomic E-state index is 0.0160. The van der Waals surface area contributed by atoms with Crippen molar-refractivity contribution in [3.05, 3.63) is 53.4 Å². The molecule has 2 aliphatic rings. The van der Waals surface area contributed by atoms with Crippen LogP contribution in [0.15, 0.2) is 36.4 Å². The molecule has 6 nitrogen and oxygen atoms in total. The Bertz CT molecular complexity index is 1100. The lowest BCUT2D eigenvalue weighted by Crippen LogP contribution is -2.34. The summed E-state index contributed by atoms with van der Waals surface area (Å²) in [6.07, 6.45) is 5.19. The number of anilines is 1. The van der Waals surface area contributed by atoms with Crippen molar-refractivity contribution in [1.29, 1.82) is 0 Å². The van der Waals surface area contributed by atoms with Crippen molar-refractivity contribution in [1.82, 2.24) is 20.3 Å². The fourth-order valence-electron chi connectivity index (χ4n) is 3.97. The van der Waals surface area contributed by atoms with Crippen LogP contribution in [0.3, 0.4) is 0 Å². The van der Waals surface area contributed by atoms with Crippen LogP contribution in [-0.2, 0) is 0 Å². The van der Waals surface area contributed by atoms with E-state index in [0.717, 1.165) is 51.5 Å². The fourth-order valence-corrected chi connectivity index (χ4v) is 3.97. The zero-order chi connectivity index (χ0) is 18.5. The first kappa shape index (κ1) is 16.1. The lowest BCUT2D eigenvalue weighted by molar-refractivity contribution is 0.0940. The fraction of sp³-hybridized carbons (Fsp3) is 0.286. The smallest absolute Gasteiger partial charge is 0.253 e. The van der Waals surface area contributed by atoms with Crippen LogP contribution in [0, 0.1) is 6.92 Å². The number of aromatic nitrogens is 3. The molecule has 4 heterocycles. The molecule has 1 aromatic carbocycles. The zero-order valence-corrected chi connectivity index (χ0v) is 15.3. The molecule has 4 bridgehead atoms. The molecule has 3 aromatic rings. The number of para-hydroxylation sites is 1. The van der Waals surface area contributed by atoms with E-state index < -0.39 is 0 Å². The Labute approximate surface area is 157 Å². The molecule has 0 saturated heterocycles. The molecule has 0 saturated carbocycles. The normalized spacial score (nSPS) is 22.4. The van der Waals surface area contributed by atoms with Crippen LogP contribution in [-0.4, -0.2) is 33.4 Å². The summed E-state index contributed by atoms with van der Waals surface area (Å²) in [6.45, 7) is 4.72. The van der Waals surface area contributed by atoms with Gasteiger partial charge in [-0.05, 0) is 32.4 Å². The van der Waals surface area contributed by atoms with E-state index in [2.05, 4.69) is 34.7 Å². The van der Waals surface area contributed by atoms with Gasteiger partial charge in [0, 0.05) is 35.5 Å². The molecule has 0 spiro atoms. The lowest BCUT2D eigenvalue weighted by Gasteiger charge is -2.22. The maximum absolute atomic E-state index is 12.4. The predicted octanol–water partition coefficient (Wildman–Crippen LogP) is 3.52. The monoisotopic (exact) mass is 359 g/mol. The summed E-state index contributed by atoms with van der Waals surface area (Å²) >= 11 is 0. The molecule has 27 heavy (non-hydrogen) atoms. The Morgan fingerprint density at radius 3 is 2.96 bits per heavy atom. The number of aromatic amines is 1. The van der Waals surface area contributed by atoms with Gasteiger partial charge in [-0.2, -0.15) is 0 Å². The van der Waals surface area contributed by atoms with Gasteiger partial charge in [-0.15, -0.1) is 0 Å². The van der Waals surface area contributed by atoms with Crippen LogP contribution in [0.1, 0.15) is 41.0 Å². The summed E-state index contributed by atoms with van der Waals surface area (Å²) in [6, 6.07) is 8.07. The van der Waals surface area contributed by atoms with E-state index in [9.17, 15) is 4.79 Å². The first-order chi connectivity index (χ1) is 13.1. The Morgan fingerprint density at radius 1 is 1.19 bits per heavy atom. The summed E-state index contributed by atoms with van der Waals surface area (Å²) in [5, 5.41) is 6.47. The van der Waals surface area contributed by atoms with Crippen molar-refractivity contribution < 1.29 is 4.79 Å². The summed E-state index contributed by atoms with van der Waals surface area (Å²) in [5.74, 6) is 1.02. The van der Waals surface area contributed by atoms with Crippen molar-refractivity contribution >= 4 is 22.8 Å². The number of carbonyl (C=O) groups excluding carboxylic acids is 1. The summed E-state index contributed by atoms with van der Waals surface area (Å²) in [4.78, 5) is 25.5. The first-order valence-electron chi connectivity index (χ1n) is 9.32. The number of benzene rings is 1. The average molecular weight is 359 g/mol. The van der Waals surface area contributed by atoms with Crippen molar-refractivity contribution in [2.75, 3.05) is 11.9 Å². The number of nitrogens with one attached hydrogen (secondary N) is 3. The van der Waals surface area contributed by atoms with Gasteiger partial charge in [-0.1, -0.05) is 24.3 Å². The van der Waals surface area contributed by atoms with Crippen LogP contribution in [0.5, 0.6) is 0 Å². The predicted molar refractivity (Wildman–Crippen MR) is 106 cm³/mol. The number of nitrogens with zero attached hydrogens (tertiary/aromatic N) is 2. The summed E-state index contributed by atoms with van der Waals surface area (Å²) < 4.78 is 0. The maximum atomic E-state index is 12.4. The van der Waals surface area contributed by atoms with Gasteiger partial charge in [0.15, 0.2) is 0 Å². The first-order valence-corrected chi connectivity index (χ1v) is 9.32. The molecule has 0 radical (unpaired) electrons. The van der Waals surface area contributed by atoms with Gasteiger partial charge in [-0.25, -0.2) is 9.97 Å². The molecule has 136 valence electrons. The van der Waals surface area contributed by atoms with Crippen LogP contribution in [0.2, 0.25) is 0 Å². The highest BCUT2D eigenvalue weighted by atomic mass is 16.1. The quantitative estimate of drug-likeness (QED) is 0.536. The second kappa shape index (κ2) is 5.94.